The second-order valence-electron chi connectivity index (χ2n) is 9.49. The van der Waals surface area contributed by atoms with Crippen molar-refractivity contribution in [3.8, 4) is 0 Å². The molecule has 7 nitrogen and oxygen atoms in total. The molecule has 0 bridgehead atoms. The highest BCUT2D eigenvalue weighted by Crippen LogP contribution is 2.44. The van der Waals surface area contributed by atoms with Gasteiger partial charge in [-0.15, -0.1) is 0 Å². The Hall–Kier alpha value is -3.06. The highest BCUT2D eigenvalue weighted by Gasteiger charge is 2.51. The van der Waals surface area contributed by atoms with Gasteiger partial charge in [-0.3, -0.25) is 9.59 Å². The van der Waals surface area contributed by atoms with E-state index < -0.39 is 11.6 Å². The number of carbonyl (C=O) groups is 2. The summed E-state index contributed by atoms with van der Waals surface area (Å²) in [5, 5.41) is 3.52. The molecule has 1 aromatic carbocycles. The van der Waals surface area contributed by atoms with E-state index in [9.17, 15) is 9.59 Å². The smallest absolute Gasteiger partial charge is 0.255 e. The van der Waals surface area contributed by atoms with Crippen molar-refractivity contribution >= 4 is 11.8 Å². The highest BCUT2D eigenvalue weighted by molar-refractivity contribution is 6.00. The van der Waals surface area contributed by atoms with Gasteiger partial charge < -0.3 is 24.3 Å². The third kappa shape index (κ3) is 3.84. The minimum Gasteiger partial charge on any atom is -0.467 e. The fraction of sp³-hybridized carbons (Fsp3) is 0.462. The molecule has 33 heavy (non-hydrogen) atoms. The number of hydrogen-bond donors (Lipinski definition) is 1. The van der Waals surface area contributed by atoms with Crippen LogP contribution < -0.4 is 5.32 Å². The van der Waals surface area contributed by atoms with Gasteiger partial charge in [0, 0.05) is 44.5 Å². The van der Waals surface area contributed by atoms with E-state index in [0.717, 1.165) is 11.3 Å². The largest absolute Gasteiger partial charge is 0.467 e. The highest BCUT2D eigenvalue weighted by atomic mass is 16.5. The van der Waals surface area contributed by atoms with Gasteiger partial charge >= 0.3 is 0 Å². The van der Waals surface area contributed by atoms with E-state index in [1.54, 1.807) is 6.26 Å². The summed E-state index contributed by atoms with van der Waals surface area (Å²) in [6.45, 7) is 6.92. The van der Waals surface area contributed by atoms with Crippen LogP contribution in [0.1, 0.15) is 44.1 Å². The number of nitrogens with zero attached hydrogens (tertiary/aromatic N) is 2. The average molecular weight is 450 g/mol. The maximum absolute atomic E-state index is 14.0. The third-order valence-electron chi connectivity index (χ3n) is 7.12. The monoisotopic (exact) mass is 449 g/mol. The number of furan rings is 1. The summed E-state index contributed by atoms with van der Waals surface area (Å²) in [5.74, 6) is 0.544. The molecular weight excluding hydrogens is 418 g/mol. The van der Waals surface area contributed by atoms with Crippen molar-refractivity contribution in [2.75, 3.05) is 26.3 Å². The number of ether oxygens (including phenoxy) is 1. The second-order valence-corrected chi connectivity index (χ2v) is 9.49. The van der Waals surface area contributed by atoms with Crippen LogP contribution in [0.5, 0.6) is 0 Å². The van der Waals surface area contributed by atoms with Gasteiger partial charge in [-0.05, 0) is 44.4 Å². The summed E-state index contributed by atoms with van der Waals surface area (Å²) in [4.78, 5) is 31.4. The molecule has 7 heteroatoms. The minimum atomic E-state index is -0.548. The Morgan fingerprint density at radius 2 is 1.88 bits per heavy atom. The fourth-order valence-corrected chi connectivity index (χ4v) is 5.32. The second kappa shape index (κ2) is 8.71. The molecule has 1 saturated heterocycles. The number of benzene rings is 1. The topological polar surface area (TPSA) is 75.0 Å². The predicted octanol–water partition coefficient (Wildman–Crippen LogP) is 3.25. The Balaban J connectivity index is 1.54. The van der Waals surface area contributed by atoms with Crippen molar-refractivity contribution in [3.05, 3.63) is 71.3 Å². The van der Waals surface area contributed by atoms with Gasteiger partial charge in [0.2, 0.25) is 5.91 Å². The van der Waals surface area contributed by atoms with Gasteiger partial charge in [0.25, 0.3) is 5.91 Å². The van der Waals surface area contributed by atoms with Crippen LogP contribution in [-0.2, 0) is 20.9 Å². The van der Waals surface area contributed by atoms with Crippen LogP contribution in [0, 0.1) is 5.92 Å². The van der Waals surface area contributed by atoms with Crippen molar-refractivity contribution in [1.82, 2.24) is 15.1 Å². The molecule has 1 aromatic heterocycles. The van der Waals surface area contributed by atoms with Gasteiger partial charge in [0.15, 0.2) is 0 Å². The molecule has 5 rings (SSSR count). The molecular formula is C26H31N3O4. The SMILES string of the molecule is CC1(C)C2=C(C(=O)N1Cc1ccccc1)C(c1ccco1)N(C(=O)C1CCOCC1)CCN2. The van der Waals surface area contributed by atoms with Crippen LogP contribution in [-0.4, -0.2) is 53.5 Å². The lowest BCUT2D eigenvalue weighted by Gasteiger charge is -2.36. The van der Waals surface area contributed by atoms with Crippen LogP contribution in [0.3, 0.4) is 0 Å². The van der Waals surface area contributed by atoms with Gasteiger partial charge in [0.05, 0.1) is 17.4 Å². The van der Waals surface area contributed by atoms with Gasteiger partial charge in [-0.2, -0.15) is 0 Å². The molecule has 174 valence electrons. The molecule has 0 aliphatic carbocycles. The van der Waals surface area contributed by atoms with E-state index in [4.69, 9.17) is 9.15 Å². The average Bonchev–Trinajstić information content (AvgIpc) is 3.35. The first-order chi connectivity index (χ1) is 16.0. The van der Waals surface area contributed by atoms with Crippen LogP contribution in [0.2, 0.25) is 0 Å². The number of hydrogen-bond acceptors (Lipinski definition) is 5. The van der Waals surface area contributed by atoms with Gasteiger partial charge in [-0.1, -0.05) is 30.3 Å². The van der Waals surface area contributed by atoms with Crippen LogP contribution in [0.15, 0.2) is 64.4 Å². The molecule has 1 atom stereocenters. The Morgan fingerprint density at radius 3 is 2.58 bits per heavy atom. The summed E-state index contributed by atoms with van der Waals surface area (Å²) < 4.78 is 11.3. The molecule has 0 saturated carbocycles. The summed E-state index contributed by atoms with van der Waals surface area (Å²) in [6.07, 6.45) is 3.02. The van der Waals surface area contributed by atoms with Crippen molar-refractivity contribution in [2.45, 2.75) is 44.8 Å². The molecule has 3 aliphatic rings. The molecule has 1 N–H and O–H groups in total. The van der Waals surface area contributed by atoms with Crippen molar-refractivity contribution in [2.24, 2.45) is 5.92 Å². The summed E-state index contributed by atoms with van der Waals surface area (Å²) in [6, 6.07) is 13.1. The first kappa shape index (κ1) is 21.8. The Labute approximate surface area is 194 Å². The van der Waals surface area contributed by atoms with E-state index in [1.807, 2.05) is 52.3 Å². The standard InChI is InChI=1S/C26H31N3O4/c1-26(2)23-21(25(31)29(26)17-18-7-4-3-5-8-18)22(20-9-6-14-33-20)28(13-12-27-23)24(30)19-10-15-32-16-11-19/h3-9,14,19,22,27H,10-13,15-17H2,1-2H3. The lowest BCUT2D eigenvalue weighted by molar-refractivity contribution is -0.141. The fourth-order valence-electron chi connectivity index (χ4n) is 5.32. The maximum Gasteiger partial charge on any atom is 0.255 e. The normalized spacial score (nSPS) is 23.3. The van der Waals surface area contributed by atoms with Crippen LogP contribution >= 0.6 is 0 Å². The zero-order valence-corrected chi connectivity index (χ0v) is 19.3. The lowest BCUT2D eigenvalue weighted by Crippen LogP contribution is -2.48. The summed E-state index contributed by atoms with van der Waals surface area (Å²) in [7, 11) is 0. The van der Waals surface area contributed by atoms with Crippen LogP contribution in [0.25, 0.3) is 0 Å². The first-order valence-electron chi connectivity index (χ1n) is 11.7. The number of nitrogens with one attached hydrogen (secondary N) is 1. The van der Waals surface area contributed by atoms with E-state index >= 15 is 0 Å². The van der Waals surface area contributed by atoms with Crippen LogP contribution in [0.4, 0.5) is 0 Å². The molecule has 1 unspecified atom stereocenters. The summed E-state index contributed by atoms with van der Waals surface area (Å²) >= 11 is 0. The molecule has 0 radical (unpaired) electrons. The summed E-state index contributed by atoms with van der Waals surface area (Å²) in [5.41, 5.74) is 2.03. The number of rotatable bonds is 4. The van der Waals surface area contributed by atoms with E-state index in [2.05, 4.69) is 19.2 Å². The van der Waals surface area contributed by atoms with Crippen molar-refractivity contribution in [3.63, 3.8) is 0 Å². The Kier molecular flexibility index (Phi) is 5.74. The molecule has 2 amide bonds. The van der Waals surface area contributed by atoms with Gasteiger partial charge in [-0.25, -0.2) is 0 Å². The van der Waals surface area contributed by atoms with E-state index in [0.29, 0.717) is 57.0 Å². The Bertz CT molecular complexity index is 1040. The quantitative estimate of drug-likeness (QED) is 0.776. The first-order valence-corrected chi connectivity index (χ1v) is 11.7. The minimum absolute atomic E-state index is 0.0561. The van der Waals surface area contributed by atoms with E-state index in [1.165, 1.54) is 0 Å². The number of carbonyl (C=O) groups excluding carboxylic acids is 2. The van der Waals surface area contributed by atoms with Gasteiger partial charge in [0.1, 0.15) is 11.8 Å². The molecule has 0 spiro atoms. The van der Waals surface area contributed by atoms with Crippen molar-refractivity contribution < 1.29 is 18.7 Å². The zero-order chi connectivity index (χ0) is 23.0. The molecule has 1 fully saturated rings. The maximum atomic E-state index is 14.0. The number of amides is 2. The molecule has 2 aromatic rings. The van der Waals surface area contributed by atoms with Crippen molar-refractivity contribution in [1.29, 1.82) is 0 Å². The molecule has 4 heterocycles. The third-order valence-corrected chi connectivity index (χ3v) is 7.12. The lowest BCUT2D eigenvalue weighted by atomic mass is 9.93. The molecule has 3 aliphatic heterocycles. The Morgan fingerprint density at radius 1 is 1.12 bits per heavy atom. The predicted molar refractivity (Wildman–Crippen MR) is 123 cm³/mol. The zero-order valence-electron chi connectivity index (χ0n) is 19.3. The van der Waals surface area contributed by atoms with E-state index in [-0.39, 0.29) is 17.7 Å².